The molecule has 0 spiro atoms. The number of hydrogen-bond acceptors (Lipinski definition) is 5. The molecule has 0 atom stereocenters. The first-order chi connectivity index (χ1) is 8.71. The number of esters is 1. The number of rotatable bonds is 4. The van der Waals surface area contributed by atoms with Gasteiger partial charge in [0.25, 0.3) is 0 Å². The van der Waals surface area contributed by atoms with Gasteiger partial charge in [-0.25, -0.2) is 0 Å². The minimum Gasteiger partial charge on any atom is -0.481 e. The maximum atomic E-state index is 11.1. The summed E-state index contributed by atoms with van der Waals surface area (Å²) in [6.07, 6.45) is 0.0447. The van der Waals surface area contributed by atoms with E-state index in [0.29, 0.717) is 23.9 Å². The number of methoxy groups -OCH3 is 2. The van der Waals surface area contributed by atoms with Crippen LogP contribution in [0.25, 0.3) is 0 Å². The molecule has 0 unspecified atom stereocenters. The van der Waals surface area contributed by atoms with Crippen LogP contribution in [-0.4, -0.2) is 31.8 Å². The minimum absolute atomic E-state index is 0.0447. The van der Waals surface area contributed by atoms with Crippen molar-refractivity contribution in [3.8, 4) is 23.6 Å². The molecule has 1 aromatic rings. The van der Waals surface area contributed by atoms with Gasteiger partial charge in [-0.15, -0.1) is 0 Å². The Balaban J connectivity index is 2.78. The van der Waals surface area contributed by atoms with Crippen molar-refractivity contribution in [1.29, 1.82) is 0 Å². The monoisotopic (exact) mass is 249 g/mol. The van der Waals surface area contributed by atoms with Crippen molar-refractivity contribution in [2.45, 2.75) is 13.3 Å². The van der Waals surface area contributed by atoms with Gasteiger partial charge in [0.2, 0.25) is 11.8 Å². The SMILES string of the molecule is CCOC(=O)CC#Cc1ccc(OC)nc1OC. The molecule has 5 nitrogen and oxygen atoms in total. The summed E-state index contributed by atoms with van der Waals surface area (Å²) in [5.41, 5.74) is 0.600. The molecule has 0 aliphatic carbocycles. The average Bonchev–Trinajstić information content (AvgIpc) is 2.39. The van der Waals surface area contributed by atoms with E-state index in [1.54, 1.807) is 19.1 Å². The van der Waals surface area contributed by atoms with Gasteiger partial charge < -0.3 is 14.2 Å². The van der Waals surface area contributed by atoms with E-state index in [1.807, 2.05) is 0 Å². The third kappa shape index (κ3) is 3.98. The summed E-state index contributed by atoms with van der Waals surface area (Å²) in [5.74, 6) is 6.00. The van der Waals surface area contributed by atoms with Crippen LogP contribution >= 0.6 is 0 Å². The van der Waals surface area contributed by atoms with Crippen molar-refractivity contribution in [2.75, 3.05) is 20.8 Å². The lowest BCUT2D eigenvalue weighted by Crippen LogP contribution is -2.01. The Labute approximate surface area is 106 Å². The van der Waals surface area contributed by atoms with E-state index in [9.17, 15) is 4.79 Å². The van der Waals surface area contributed by atoms with Crippen LogP contribution in [0.5, 0.6) is 11.8 Å². The molecule has 0 saturated carbocycles. The molecule has 1 heterocycles. The van der Waals surface area contributed by atoms with Crippen molar-refractivity contribution in [3.63, 3.8) is 0 Å². The first kappa shape index (κ1) is 13.8. The lowest BCUT2D eigenvalue weighted by Gasteiger charge is -2.04. The number of carbonyl (C=O) groups is 1. The molecular formula is C13H15NO4. The molecule has 0 saturated heterocycles. The zero-order valence-electron chi connectivity index (χ0n) is 10.6. The number of aromatic nitrogens is 1. The second-order valence-corrected chi connectivity index (χ2v) is 3.19. The highest BCUT2D eigenvalue weighted by atomic mass is 16.5. The predicted molar refractivity (Wildman–Crippen MR) is 65.5 cm³/mol. The summed E-state index contributed by atoms with van der Waals surface area (Å²) in [4.78, 5) is 15.2. The fourth-order valence-corrected chi connectivity index (χ4v) is 1.21. The number of carbonyl (C=O) groups excluding carboxylic acids is 1. The number of ether oxygens (including phenoxy) is 3. The van der Waals surface area contributed by atoms with Crippen LogP contribution in [0.3, 0.4) is 0 Å². The normalized spacial score (nSPS) is 9.06. The molecule has 0 aliphatic rings. The quantitative estimate of drug-likeness (QED) is 0.596. The average molecular weight is 249 g/mol. The Morgan fingerprint density at radius 1 is 1.33 bits per heavy atom. The standard InChI is InChI=1S/C13H15NO4/c1-4-18-12(15)7-5-6-10-8-9-11(16-2)14-13(10)17-3/h8-9H,4,7H2,1-3H3. The van der Waals surface area contributed by atoms with Crippen LogP contribution in [-0.2, 0) is 9.53 Å². The van der Waals surface area contributed by atoms with Gasteiger partial charge in [0, 0.05) is 6.07 Å². The maximum absolute atomic E-state index is 11.1. The van der Waals surface area contributed by atoms with E-state index < -0.39 is 0 Å². The van der Waals surface area contributed by atoms with E-state index in [4.69, 9.17) is 14.2 Å². The van der Waals surface area contributed by atoms with Crippen LogP contribution in [0.4, 0.5) is 0 Å². The minimum atomic E-state index is -0.342. The summed E-state index contributed by atoms with van der Waals surface area (Å²) < 4.78 is 14.8. The summed E-state index contributed by atoms with van der Waals surface area (Å²) in [7, 11) is 3.02. The molecule has 0 radical (unpaired) electrons. The third-order valence-corrected chi connectivity index (χ3v) is 2.00. The summed E-state index contributed by atoms with van der Waals surface area (Å²) in [6.45, 7) is 2.11. The van der Waals surface area contributed by atoms with Gasteiger partial charge in [-0.2, -0.15) is 4.98 Å². The van der Waals surface area contributed by atoms with Gasteiger partial charge in [0.15, 0.2) is 0 Å². The van der Waals surface area contributed by atoms with Crippen LogP contribution < -0.4 is 9.47 Å². The van der Waals surface area contributed by atoms with Crippen molar-refractivity contribution in [2.24, 2.45) is 0 Å². The van der Waals surface area contributed by atoms with E-state index in [2.05, 4.69) is 16.8 Å². The smallest absolute Gasteiger partial charge is 0.317 e. The van der Waals surface area contributed by atoms with Gasteiger partial charge in [0.1, 0.15) is 6.42 Å². The van der Waals surface area contributed by atoms with E-state index >= 15 is 0 Å². The Morgan fingerprint density at radius 2 is 2.11 bits per heavy atom. The van der Waals surface area contributed by atoms with Gasteiger partial charge in [-0.05, 0) is 13.0 Å². The number of pyridine rings is 1. The van der Waals surface area contributed by atoms with Crippen molar-refractivity contribution < 1.29 is 19.0 Å². The maximum Gasteiger partial charge on any atom is 0.317 e. The molecule has 0 fully saturated rings. The largest absolute Gasteiger partial charge is 0.481 e. The second-order valence-electron chi connectivity index (χ2n) is 3.19. The number of nitrogens with zero attached hydrogens (tertiary/aromatic N) is 1. The zero-order valence-corrected chi connectivity index (χ0v) is 10.6. The molecule has 0 aromatic carbocycles. The highest BCUT2D eigenvalue weighted by Gasteiger charge is 2.04. The van der Waals surface area contributed by atoms with Crippen molar-refractivity contribution >= 4 is 5.97 Å². The third-order valence-electron chi connectivity index (χ3n) is 2.00. The lowest BCUT2D eigenvalue weighted by atomic mass is 10.2. The molecule has 1 aromatic heterocycles. The Morgan fingerprint density at radius 3 is 2.72 bits per heavy atom. The first-order valence-corrected chi connectivity index (χ1v) is 5.44. The van der Waals surface area contributed by atoms with Crippen LogP contribution in [0, 0.1) is 11.8 Å². The molecule has 0 aliphatic heterocycles. The predicted octanol–water partition coefficient (Wildman–Crippen LogP) is 1.40. The van der Waals surface area contributed by atoms with Crippen molar-refractivity contribution in [3.05, 3.63) is 17.7 Å². The van der Waals surface area contributed by atoms with Gasteiger partial charge >= 0.3 is 5.97 Å². The zero-order chi connectivity index (χ0) is 13.4. The molecule has 5 heteroatoms. The summed E-state index contributed by atoms with van der Waals surface area (Å²) in [6, 6.07) is 3.40. The van der Waals surface area contributed by atoms with E-state index in [1.165, 1.54) is 14.2 Å². The second kappa shape index (κ2) is 7.17. The topological polar surface area (TPSA) is 57.7 Å². The molecular weight excluding hydrogens is 234 g/mol. The lowest BCUT2D eigenvalue weighted by molar-refractivity contribution is -0.141. The van der Waals surface area contributed by atoms with Crippen LogP contribution in [0.2, 0.25) is 0 Å². The molecule has 18 heavy (non-hydrogen) atoms. The van der Waals surface area contributed by atoms with Gasteiger partial charge in [0.05, 0.1) is 26.4 Å². The molecule has 0 amide bonds. The first-order valence-electron chi connectivity index (χ1n) is 5.44. The van der Waals surface area contributed by atoms with Crippen molar-refractivity contribution in [1.82, 2.24) is 4.98 Å². The Kier molecular flexibility index (Phi) is 5.52. The fourth-order valence-electron chi connectivity index (χ4n) is 1.21. The molecule has 1 rings (SSSR count). The molecule has 96 valence electrons. The van der Waals surface area contributed by atoms with Gasteiger partial charge in [-0.3, -0.25) is 4.79 Å². The van der Waals surface area contributed by atoms with Gasteiger partial charge in [-0.1, -0.05) is 11.8 Å². The Hall–Kier alpha value is -2.22. The highest BCUT2D eigenvalue weighted by Crippen LogP contribution is 2.18. The molecule has 0 N–H and O–H groups in total. The van der Waals surface area contributed by atoms with E-state index in [0.717, 1.165) is 0 Å². The van der Waals surface area contributed by atoms with E-state index in [-0.39, 0.29) is 12.4 Å². The Bertz CT molecular complexity index is 474. The number of hydrogen-bond donors (Lipinski definition) is 0. The summed E-state index contributed by atoms with van der Waals surface area (Å²) >= 11 is 0. The fraction of sp³-hybridized carbons (Fsp3) is 0.385. The van der Waals surface area contributed by atoms with Crippen LogP contribution in [0.15, 0.2) is 12.1 Å². The summed E-state index contributed by atoms with van der Waals surface area (Å²) in [5, 5.41) is 0. The van der Waals surface area contributed by atoms with Crippen LogP contribution in [0.1, 0.15) is 18.9 Å². The molecule has 0 bridgehead atoms. The highest BCUT2D eigenvalue weighted by molar-refractivity contribution is 5.72.